The van der Waals surface area contributed by atoms with Gasteiger partial charge in [0.2, 0.25) is 11.8 Å². The molecule has 1 aromatic rings. The van der Waals surface area contributed by atoms with Crippen molar-refractivity contribution in [3.63, 3.8) is 0 Å². The topological polar surface area (TPSA) is 84.2 Å². The number of nitrogens with one attached hydrogen (secondary N) is 2. The number of amides is 2. The summed E-state index contributed by atoms with van der Waals surface area (Å²) in [5, 5.41) is 5.44. The van der Waals surface area contributed by atoms with Crippen LogP contribution in [-0.2, 0) is 9.59 Å². The monoisotopic (exact) mass is 353 g/mol. The lowest BCUT2D eigenvalue weighted by atomic mass is 10.1. The average Bonchev–Trinajstić information content (AvgIpc) is 2.87. The fraction of sp³-hybridized carbons (Fsp3) is 0.467. The number of halogens is 1. The Kier molecular flexibility index (Phi) is 5.36. The third-order valence-corrected chi connectivity index (χ3v) is 4.60. The number of aryl methyl sites for hydroxylation is 1. The molecule has 1 saturated carbocycles. The Hall–Kier alpha value is -1.40. The first-order valence-electron chi connectivity index (χ1n) is 7.05. The second kappa shape index (κ2) is 7.04. The first-order valence-corrected chi connectivity index (χ1v) is 7.84. The number of nitrogens with two attached hydrogens (primary N) is 1. The molecule has 21 heavy (non-hydrogen) atoms. The van der Waals surface area contributed by atoms with Crippen LogP contribution in [-0.4, -0.2) is 24.4 Å². The van der Waals surface area contributed by atoms with E-state index in [1.165, 1.54) is 0 Å². The van der Waals surface area contributed by atoms with Gasteiger partial charge < -0.3 is 16.4 Å². The number of rotatable bonds is 4. The van der Waals surface area contributed by atoms with Gasteiger partial charge in [-0.15, -0.1) is 0 Å². The molecular weight excluding hydrogens is 334 g/mol. The molecule has 4 N–H and O–H groups in total. The van der Waals surface area contributed by atoms with Crippen LogP contribution in [0.15, 0.2) is 22.7 Å². The highest BCUT2D eigenvalue weighted by Gasteiger charge is 2.27. The van der Waals surface area contributed by atoms with Gasteiger partial charge in [-0.25, -0.2) is 0 Å². The fourth-order valence-corrected chi connectivity index (χ4v) is 2.74. The van der Waals surface area contributed by atoms with E-state index in [1.54, 1.807) is 0 Å². The number of anilines is 1. The van der Waals surface area contributed by atoms with Gasteiger partial charge in [-0.05, 0) is 49.9 Å². The van der Waals surface area contributed by atoms with Crippen LogP contribution >= 0.6 is 15.9 Å². The van der Waals surface area contributed by atoms with Crippen LogP contribution in [0.1, 0.15) is 24.8 Å². The van der Waals surface area contributed by atoms with Gasteiger partial charge in [0, 0.05) is 22.1 Å². The van der Waals surface area contributed by atoms with E-state index in [1.807, 2.05) is 25.1 Å². The summed E-state index contributed by atoms with van der Waals surface area (Å²) in [5.74, 6) is -0.361. The van der Waals surface area contributed by atoms with Crippen molar-refractivity contribution >= 4 is 33.4 Å². The number of hydrogen-bond acceptors (Lipinski definition) is 3. The zero-order valence-electron chi connectivity index (χ0n) is 12.0. The van der Waals surface area contributed by atoms with Crippen molar-refractivity contribution in [2.45, 2.75) is 32.2 Å². The van der Waals surface area contributed by atoms with Crippen molar-refractivity contribution in [2.24, 2.45) is 11.7 Å². The van der Waals surface area contributed by atoms with E-state index in [-0.39, 0.29) is 30.3 Å². The molecule has 1 aliphatic carbocycles. The first-order chi connectivity index (χ1) is 9.95. The molecule has 2 atom stereocenters. The maximum absolute atomic E-state index is 11.9. The maximum Gasteiger partial charge on any atom is 0.243 e. The molecule has 1 fully saturated rings. The van der Waals surface area contributed by atoms with Gasteiger partial charge in [0.1, 0.15) is 0 Å². The second-order valence-electron chi connectivity index (χ2n) is 5.50. The van der Waals surface area contributed by atoms with Gasteiger partial charge in [-0.2, -0.15) is 0 Å². The minimum atomic E-state index is -0.229. The first kappa shape index (κ1) is 16.0. The lowest BCUT2D eigenvalue weighted by Gasteiger charge is -2.11. The largest absolute Gasteiger partial charge is 0.347 e. The van der Waals surface area contributed by atoms with Crippen LogP contribution in [0.3, 0.4) is 0 Å². The highest BCUT2D eigenvalue weighted by atomic mass is 79.9. The summed E-state index contributed by atoms with van der Waals surface area (Å²) in [5.41, 5.74) is 7.54. The summed E-state index contributed by atoms with van der Waals surface area (Å²) in [6, 6.07) is 5.68. The molecule has 0 saturated heterocycles. The Morgan fingerprint density at radius 2 is 2.14 bits per heavy atom. The Morgan fingerprint density at radius 3 is 2.76 bits per heavy atom. The molecule has 6 heteroatoms. The minimum Gasteiger partial charge on any atom is -0.347 e. The molecule has 0 aliphatic heterocycles. The van der Waals surface area contributed by atoms with E-state index >= 15 is 0 Å². The Labute approximate surface area is 132 Å². The predicted molar refractivity (Wildman–Crippen MR) is 85.8 cm³/mol. The normalized spacial score (nSPS) is 21.1. The number of hydrogen-bond donors (Lipinski definition) is 3. The molecule has 114 valence electrons. The molecular formula is C15H20BrN3O2. The zero-order valence-corrected chi connectivity index (χ0v) is 13.6. The van der Waals surface area contributed by atoms with Crippen molar-refractivity contribution in [1.29, 1.82) is 0 Å². The van der Waals surface area contributed by atoms with E-state index in [9.17, 15) is 9.59 Å². The third-order valence-electron chi connectivity index (χ3n) is 3.71. The number of carbonyl (C=O) groups is 2. The lowest BCUT2D eigenvalue weighted by molar-refractivity contribution is -0.127. The highest BCUT2D eigenvalue weighted by Crippen LogP contribution is 2.24. The molecule has 0 heterocycles. The molecule has 2 unspecified atom stereocenters. The van der Waals surface area contributed by atoms with Gasteiger partial charge in [0.25, 0.3) is 0 Å². The Morgan fingerprint density at radius 1 is 1.38 bits per heavy atom. The molecule has 5 nitrogen and oxygen atoms in total. The van der Waals surface area contributed by atoms with Crippen molar-refractivity contribution in [2.75, 3.05) is 11.9 Å². The van der Waals surface area contributed by atoms with Crippen LogP contribution in [0.4, 0.5) is 5.69 Å². The Bertz CT molecular complexity index is 548. The fourth-order valence-electron chi connectivity index (χ4n) is 2.49. The summed E-state index contributed by atoms with van der Waals surface area (Å²) >= 11 is 3.41. The quantitative estimate of drug-likeness (QED) is 0.773. The van der Waals surface area contributed by atoms with Gasteiger partial charge in [-0.3, -0.25) is 9.59 Å². The van der Waals surface area contributed by atoms with Crippen molar-refractivity contribution in [1.82, 2.24) is 5.32 Å². The number of carbonyl (C=O) groups excluding carboxylic acids is 2. The molecule has 0 spiro atoms. The van der Waals surface area contributed by atoms with Crippen LogP contribution in [0.25, 0.3) is 0 Å². The molecule has 1 aliphatic rings. The predicted octanol–water partition coefficient (Wildman–Crippen LogP) is 1.94. The van der Waals surface area contributed by atoms with Crippen LogP contribution < -0.4 is 16.4 Å². The zero-order chi connectivity index (χ0) is 15.4. The van der Waals surface area contributed by atoms with E-state index in [0.717, 1.165) is 28.6 Å². The van der Waals surface area contributed by atoms with Crippen molar-refractivity contribution in [3.05, 3.63) is 28.2 Å². The van der Waals surface area contributed by atoms with Crippen LogP contribution in [0.5, 0.6) is 0 Å². The van der Waals surface area contributed by atoms with E-state index in [4.69, 9.17) is 5.73 Å². The summed E-state index contributed by atoms with van der Waals surface area (Å²) in [7, 11) is 0. The third kappa shape index (κ3) is 4.54. The highest BCUT2D eigenvalue weighted by molar-refractivity contribution is 9.10. The van der Waals surface area contributed by atoms with Crippen molar-refractivity contribution < 1.29 is 9.59 Å². The van der Waals surface area contributed by atoms with Gasteiger partial charge in [-0.1, -0.05) is 15.9 Å². The second-order valence-corrected chi connectivity index (χ2v) is 6.35. The lowest BCUT2D eigenvalue weighted by Crippen LogP contribution is -2.36. The molecule has 2 amide bonds. The molecule has 0 aromatic heterocycles. The van der Waals surface area contributed by atoms with Gasteiger partial charge >= 0.3 is 0 Å². The molecule has 2 rings (SSSR count). The summed E-state index contributed by atoms with van der Waals surface area (Å²) in [6.07, 6.45) is 2.39. The SMILES string of the molecule is Cc1cc(NC(=O)CNC(=O)C2CCC(N)C2)ccc1Br. The standard InChI is InChI=1S/C15H20BrN3O2/c1-9-6-12(4-5-13(9)16)19-14(20)8-18-15(21)10-2-3-11(17)7-10/h4-6,10-11H,2-3,7-8,17H2,1H3,(H,18,21)(H,19,20). The molecule has 0 bridgehead atoms. The van der Waals surface area contributed by atoms with Gasteiger partial charge in [0.05, 0.1) is 6.54 Å². The number of benzene rings is 1. The summed E-state index contributed by atoms with van der Waals surface area (Å²) in [4.78, 5) is 23.7. The Balaban J connectivity index is 1.79. The molecule has 0 radical (unpaired) electrons. The summed E-state index contributed by atoms with van der Waals surface area (Å²) < 4.78 is 0.992. The van der Waals surface area contributed by atoms with Crippen LogP contribution in [0, 0.1) is 12.8 Å². The molecule has 1 aromatic carbocycles. The summed E-state index contributed by atoms with van der Waals surface area (Å²) in [6.45, 7) is 1.94. The maximum atomic E-state index is 11.9. The van der Waals surface area contributed by atoms with E-state index in [0.29, 0.717) is 6.42 Å². The minimum absolute atomic E-state index is 0.0142. The van der Waals surface area contributed by atoms with E-state index < -0.39 is 0 Å². The van der Waals surface area contributed by atoms with Crippen LogP contribution in [0.2, 0.25) is 0 Å². The van der Waals surface area contributed by atoms with E-state index in [2.05, 4.69) is 26.6 Å². The van der Waals surface area contributed by atoms with Gasteiger partial charge in [0.15, 0.2) is 0 Å². The smallest absolute Gasteiger partial charge is 0.243 e. The average molecular weight is 354 g/mol. The van der Waals surface area contributed by atoms with Crippen molar-refractivity contribution in [3.8, 4) is 0 Å².